The zero-order valence-electron chi connectivity index (χ0n) is 13.2. The zero-order chi connectivity index (χ0) is 15.5. The van der Waals surface area contributed by atoms with E-state index in [2.05, 4.69) is 0 Å². The molecular weight excluding hydrogens is 298 g/mol. The minimum absolute atomic E-state index is 0.00729. The van der Waals surface area contributed by atoms with E-state index in [-0.39, 0.29) is 12.5 Å². The molecule has 22 heavy (non-hydrogen) atoms. The Labute approximate surface area is 135 Å². The highest BCUT2D eigenvalue weighted by molar-refractivity contribution is 7.11. The van der Waals surface area contributed by atoms with E-state index in [0.717, 1.165) is 32.4 Å². The van der Waals surface area contributed by atoms with Crippen LogP contribution in [0.15, 0.2) is 0 Å². The Morgan fingerprint density at radius 3 is 3.05 bits per heavy atom. The van der Waals surface area contributed by atoms with E-state index in [1.54, 1.807) is 7.11 Å². The first-order valence-corrected chi connectivity index (χ1v) is 9.02. The van der Waals surface area contributed by atoms with Crippen LogP contribution in [0.5, 0.6) is 0 Å². The smallest absolute Gasteiger partial charge is 0.241 e. The number of likely N-dealkylation sites (tertiary alicyclic amines) is 1. The van der Waals surface area contributed by atoms with Gasteiger partial charge in [-0.3, -0.25) is 4.79 Å². The van der Waals surface area contributed by atoms with Crippen LogP contribution in [-0.2, 0) is 22.4 Å². The number of hydrogen-bond acceptors (Lipinski definition) is 5. The molecule has 1 aliphatic carbocycles. The number of aryl methyl sites for hydroxylation is 2. The fraction of sp³-hybridized carbons (Fsp3) is 0.750. The predicted molar refractivity (Wildman–Crippen MR) is 87.2 cm³/mol. The number of nitrogens with two attached hydrogens (primary N) is 1. The maximum Gasteiger partial charge on any atom is 0.241 e. The van der Waals surface area contributed by atoms with Crippen molar-refractivity contribution in [3.05, 3.63) is 15.6 Å². The maximum atomic E-state index is 12.4. The molecule has 5 nitrogen and oxygen atoms in total. The minimum atomic E-state index is -0.548. The number of aromatic nitrogens is 1. The Morgan fingerprint density at radius 2 is 2.27 bits per heavy atom. The van der Waals surface area contributed by atoms with Gasteiger partial charge in [0.05, 0.1) is 17.3 Å². The van der Waals surface area contributed by atoms with Crippen molar-refractivity contribution >= 4 is 17.2 Å². The minimum Gasteiger partial charge on any atom is -0.383 e. The summed E-state index contributed by atoms with van der Waals surface area (Å²) < 4.78 is 5.00. The van der Waals surface area contributed by atoms with Gasteiger partial charge in [-0.1, -0.05) is 0 Å². The Hall–Kier alpha value is -0.980. The standard InChI is InChI=1S/C16H25N3O2S/c1-21-10-12(17)16(20)19-8-4-5-11(9-19)15-18-13-6-2-3-7-14(13)22-15/h11-12H,2-10,17H2,1H3. The lowest BCUT2D eigenvalue weighted by atomic mass is 9.98. The Kier molecular flexibility index (Phi) is 5.10. The number of ether oxygens (including phenoxy) is 1. The number of methoxy groups -OCH3 is 1. The molecule has 2 aliphatic rings. The highest BCUT2D eigenvalue weighted by Crippen LogP contribution is 2.34. The summed E-state index contributed by atoms with van der Waals surface area (Å²) in [6.07, 6.45) is 7.00. The Bertz CT molecular complexity index is 508. The molecule has 2 unspecified atom stereocenters. The summed E-state index contributed by atoms with van der Waals surface area (Å²) in [5.41, 5.74) is 7.20. The molecule has 3 rings (SSSR count). The van der Waals surface area contributed by atoms with Crippen LogP contribution in [0.1, 0.15) is 47.2 Å². The van der Waals surface area contributed by atoms with E-state index in [1.165, 1.54) is 34.8 Å². The van der Waals surface area contributed by atoms with Gasteiger partial charge in [0, 0.05) is 31.0 Å². The number of piperidine rings is 1. The summed E-state index contributed by atoms with van der Waals surface area (Å²) in [6, 6.07) is -0.548. The van der Waals surface area contributed by atoms with E-state index < -0.39 is 6.04 Å². The number of rotatable bonds is 4. The fourth-order valence-corrected chi connectivity index (χ4v) is 4.69. The fourth-order valence-electron chi connectivity index (χ4n) is 3.41. The zero-order valence-corrected chi connectivity index (χ0v) is 14.0. The number of nitrogens with zero attached hydrogens (tertiary/aromatic N) is 2. The molecule has 0 radical (unpaired) electrons. The maximum absolute atomic E-state index is 12.4. The Balaban J connectivity index is 1.67. The molecule has 1 amide bonds. The van der Waals surface area contributed by atoms with Gasteiger partial charge in [-0.05, 0) is 38.5 Å². The summed E-state index contributed by atoms with van der Waals surface area (Å²) >= 11 is 1.87. The van der Waals surface area contributed by atoms with Gasteiger partial charge in [0.25, 0.3) is 0 Å². The number of amides is 1. The quantitative estimate of drug-likeness (QED) is 0.916. The molecular formula is C16H25N3O2S. The van der Waals surface area contributed by atoms with Crippen LogP contribution in [-0.4, -0.2) is 48.6 Å². The van der Waals surface area contributed by atoms with Crippen molar-refractivity contribution in [3.8, 4) is 0 Å². The van der Waals surface area contributed by atoms with E-state index in [1.807, 2.05) is 16.2 Å². The van der Waals surface area contributed by atoms with Crippen molar-refractivity contribution in [1.82, 2.24) is 9.88 Å². The summed E-state index contributed by atoms with van der Waals surface area (Å²) in [6.45, 7) is 1.84. The number of carbonyl (C=O) groups excluding carboxylic acids is 1. The highest BCUT2D eigenvalue weighted by atomic mass is 32.1. The molecule has 0 bridgehead atoms. The molecule has 1 aromatic rings. The monoisotopic (exact) mass is 323 g/mol. The molecule has 1 aliphatic heterocycles. The topological polar surface area (TPSA) is 68.5 Å². The van der Waals surface area contributed by atoms with Crippen LogP contribution in [0, 0.1) is 0 Å². The van der Waals surface area contributed by atoms with Crippen molar-refractivity contribution in [1.29, 1.82) is 0 Å². The van der Waals surface area contributed by atoms with Crippen molar-refractivity contribution < 1.29 is 9.53 Å². The number of fused-ring (bicyclic) bond motifs is 1. The number of carbonyl (C=O) groups is 1. The SMILES string of the molecule is COCC(N)C(=O)N1CCCC(c2nc3c(s2)CCCC3)C1. The molecule has 1 fully saturated rings. The van der Waals surface area contributed by atoms with Gasteiger partial charge in [0.2, 0.25) is 5.91 Å². The summed E-state index contributed by atoms with van der Waals surface area (Å²) in [4.78, 5) is 20.6. The van der Waals surface area contributed by atoms with Gasteiger partial charge in [0.1, 0.15) is 6.04 Å². The lowest BCUT2D eigenvalue weighted by molar-refractivity contribution is -0.135. The molecule has 0 aromatic carbocycles. The third kappa shape index (κ3) is 3.34. The van der Waals surface area contributed by atoms with Gasteiger partial charge in [-0.15, -0.1) is 11.3 Å². The average Bonchev–Trinajstić information content (AvgIpc) is 2.98. The molecule has 0 spiro atoms. The van der Waals surface area contributed by atoms with E-state index in [0.29, 0.717) is 5.92 Å². The molecule has 1 saturated heterocycles. The van der Waals surface area contributed by atoms with Crippen molar-refractivity contribution in [2.45, 2.75) is 50.5 Å². The van der Waals surface area contributed by atoms with Crippen LogP contribution < -0.4 is 5.73 Å². The van der Waals surface area contributed by atoms with E-state index in [9.17, 15) is 4.79 Å². The number of hydrogen-bond donors (Lipinski definition) is 1. The summed E-state index contributed by atoms with van der Waals surface area (Å²) in [5, 5.41) is 1.23. The molecule has 122 valence electrons. The molecule has 2 N–H and O–H groups in total. The first-order valence-electron chi connectivity index (χ1n) is 8.21. The number of thiazole rings is 1. The Morgan fingerprint density at radius 1 is 1.45 bits per heavy atom. The molecule has 0 saturated carbocycles. The second-order valence-electron chi connectivity index (χ2n) is 6.31. The molecule has 1 aromatic heterocycles. The third-order valence-electron chi connectivity index (χ3n) is 4.61. The van der Waals surface area contributed by atoms with Gasteiger partial charge in [0.15, 0.2) is 0 Å². The largest absolute Gasteiger partial charge is 0.383 e. The van der Waals surface area contributed by atoms with Crippen LogP contribution in [0.4, 0.5) is 0 Å². The van der Waals surface area contributed by atoms with E-state index in [4.69, 9.17) is 15.5 Å². The highest BCUT2D eigenvalue weighted by Gasteiger charge is 2.30. The second kappa shape index (κ2) is 7.06. The van der Waals surface area contributed by atoms with Crippen LogP contribution >= 0.6 is 11.3 Å². The molecule has 6 heteroatoms. The predicted octanol–water partition coefficient (Wildman–Crippen LogP) is 1.70. The van der Waals surface area contributed by atoms with Crippen LogP contribution in [0.3, 0.4) is 0 Å². The van der Waals surface area contributed by atoms with Gasteiger partial charge in [-0.2, -0.15) is 0 Å². The van der Waals surface area contributed by atoms with Gasteiger partial charge in [-0.25, -0.2) is 4.98 Å². The summed E-state index contributed by atoms with van der Waals surface area (Å²) in [7, 11) is 1.58. The van der Waals surface area contributed by atoms with Crippen molar-refractivity contribution in [2.24, 2.45) is 5.73 Å². The van der Waals surface area contributed by atoms with Crippen molar-refractivity contribution in [3.63, 3.8) is 0 Å². The first-order chi connectivity index (χ1) is 10.7. The van der Waals surface area contributed by atoms with Gasteiger partial charge < -0.3 is 15.4 Å². The third-order valence-corrected chi connectivity index (χ3v) is 5.93. The van der Waals surface area contributed by atoms with E-state index >= 15 is 0 Å². The lowest BCUT2D eigenvalue weighted by Gasteiger charge is -2.33. The van der Waals surface area contributed by atoms with Crippen molar-refractivity contribution in [2.75, 3.05) is 26.8 Å². The average molecular weight is 323 g/mol. The molecule has 2 atom stereocenters. The first kappa shape index (κ1) is 15.9. The second-order valence-corrected chi connectivity index (χ2v) is 7.43. The molecule has 2 heterocycles. The van der Waals surface area contributed by atoms with Crippen LogP contribution in [0.25, 0.3) is 0 Å². The normalized spacial score (nSPS) is 23.2. The lowest BCUT2D eigenvalue weighted by Crippen LogP contribution is -2.49. The summed E-state index contributed by atoms with van der Waals surface area (Å²) in [5.74, 6) is 0.385. The van der Waals surface area contributed by atoms with Crippen LogP contribution in [0.2, 0.25) is 0 Å². The van der Waals surface area contributed by atoms with Gasteiger partial charge >= 0.3 is 0 Å².